The maximum Gasteiger partial charge on any atom is 0.269 e. The fourth-order valence-corrected chi connectivity index (χ4v) is 4.40. The number of non-ortho nitro benzene ring substituents is 1. The Balaban J connectivity index is 1.69. The SMILES string of the molecule is Cc1cc([N+](=O)[O-])ccc1Nc1nc(N2CC(N)CC(N)C2)nc(N2CC(N)CC(N)C2)n1. The van der Waals surface area contributed by atoms with Crippen molar-refractivity contribution in [3.63, 3.8) is 0 Å². The zero-order chi connectivity index (χ0) is 23.7. The molecule has 4 unspecified atom stereocenters. The van der Waals surface area contributed by atoms with Crippen LogP contribution in [0.1, 0.15) is 18.4 Å². The average Bonchev–Trinajstić information content (AvgIpc) is 2.73. The van der Waals surface area contributed by atoms with E-state index in [1.165, 1.54) is 12.1 Å². The molecule has 3 heterocycles. The van der Waals surface area contributed by atoms with Crippen molar-refractivity contribution in [1.82, 2.24) is 15.0 Å². The van der Waals surface area contributed by atoms with Gasteiger partial charge in [0.2, 0.25) is 17.8 Å². The number of benzene rings is 1. The van der Waals surface area contributed by atoms with Crippen LogP contribution in [0, 0.1) is 17.0 Å². The molecule has 33 heavy (non-hydrogen) atoms. The Morgan fingerprint density at radius 2 is 1.39 bits per heavy atom. The molecule has 1 aromatic heterocycles. The van der Waals surface area contributed by atoms with Crippen LogP contribution in [-0.4, -0.2) is 70.2 Å². The van der Waals surface area contributed by atoms with Gasteiger partial charge in [0.15, 0.2) is 0 Å². The molecule has 4 atom stereocenters. The van der Waals surface area contributed by atoms with Crippen molar-refractivity contribution in [2.24, 2.45) is 22.9 Å². The molecule has 4 rings (SSSR count). The van der Waals surface area contributed by atoms with E-state index in [0.717, 1.165) is 12.8 Å². The van der Waals surface area contributed by atoms with E-state index in [-0.39, 0.29) is 29.9 Å². The van der Waals surface area contributed by atoms with Crippen LogP contribution in [0.25, 0.3) is 0 Å². The molecule has 13 heteroatoms. The number of nitrogens with two attached hydrogens (primary N) is 4. The Hall–Kier alpha value is -3.13. The van der Waals surface area contributed by atoms with E-state index >= 15 is 0 Å². The first-order valence-electron chi connectivity index (χ1n) is 11.0. The Labute approximate surface area is 191 Å². The number of nitro benzene ring substituents is 1. The maximum absolute atomic E-state index is 11.1. The van der Waals surface area contributed by atoms with E-state index in [4.69, 9.17) is 27.9 Å². The molecule has 2 saturated heterocycles. The molecule has 2 fully saturated rings. The van der Waals surface area contributed by atoms with Crippen LogP contribution in [-0.2, 0) is 0 Å². The molecule has 0 saturated carbocycles. The highest BCUT2D eigenvalue weighted by Gasteiger charge is 2.28. The number of nitrogens with one attached hydrogen (secondary N) is 1. The summed E-state index contributed by atoms with van der Waals surface area (Å²) in [6.07, 6.45) is 1.47. The molecule has 0 bridgehead atoms. The largest absolute Gasteiger partial charge is 0.338 e. The summed E-state index contributed by atoms with van der Waals surface area (Å²) in [6, 6.07) is 4.23. The van der Waals surface area contributed by atoms with Gasteiger partial charge in [-0.3, -0.25) is 10.1 Å². The Bertz CT molecular complexity index is 955. The number of nitrogens with zero attached hydrogens (tertiary/aromatic N) is 6. The highest BCUT2D eigenvalue weighted by atomic mass is 16.6. The molecule has 178 valence electrons. The van der Waals surface area contributed by atoms with Gasteiger partial charge in [0, 0.05) is 68.2 Å². The number of aromatic nitrogens is 3. The first kappa shape index (κ1) is 23.0. The van der Waals surface area contributed by atoms with E-state index in [2.05, 4.69) is 15.3 Å². The quantitative estimate of drug-likeness (QED) is 0.286. The van der Waals surface area contributed by atoms with Gasteiger partial charge >= 0.3 is 0 Å². The van der Waals surface area contributed by atoms with Gasteiger partial charge in [0.25, 0.3) is 5.69 Å². The average molecular weight is 458 g/mol. The number of piperidine rings is 2. The second-order valence-electron chi connectivity index (χ2n) is 8.96. The van der Waals surface area contributed by atoms with Crippen molar-refractivity contribution in [2.75, 3.05) is 41.3 Å². The van der Waals surface area contributed by atoms with E-state index in [9.17, 15) is 10.1 Å². The second-order valence-corrected chi connectivity index (χ2v) is 8.96. The van der Waals surface area contributed by atoms with Crippen LogP contribution < -0.4 is 38.1 Å². The molecule has 13 nitrogen and oxygen atoms in total. The Kier molecular flexibility index (Phi) is 6.56. The van der Waals surface area contributed by atoms with E-state index < -0.39 is 4.92 Å². The number of nitro groups is 1. The van der Waals surface area contributed by atoms with Crippen LogP contribution in [0.15, 0.2) is 18.2 Å². The lowest BCUT2D eigenvalue weighted by Gasteiger charge is -2.37. The third-order valence-corrected chi connectivity index (χ3v) is 5.88. The highest BCUT2D eigenvalue weighted by Crippen LogP contribution is 2.26. The van der Waals surface area contributed by atoms with Crippen LogP contribution in [0.5, 0.6) is 0 Å². The fraction of sp³-hybridized carbons (Fsp3) is 0.550. The molecule has 0 radical (unpaired) electrons. The monoisotopic (exact) mass is 457 g/mol. The lowest BCUT2D eigenvalue weighted by molar-refractivity contribution is -0.384. The summed E-state index contributed by atoms with van der Waals surface area (Å²) >= 11 is 0. The standard InChI is InChI=1S/C20H31N11O2/c1-11-4-16(31(32)33)2-3-17(11)25-18-26-19(29-7-12(21)5-13(22)8-29)28-20(27-18)30-9-14(23)6-15(24)10-30/h2-4,12-15H,5-10,21-24H2,1H3,(H,25,26,27,28). The van der Waals surface area contributed by atoms with Gasteiger partial charge in [-0.25, -0.2) is 0 Å². The summed E-state index contributed by atoms with van der Waals surface area (Å²) in [5.74, 6) is 1.23. The first-order chi connectivity index (χ1) is 15.7. The van der Waals surface area contributed by atoms with Crippen molar-refractivity contribution in [3.05, 3.63) is 33.9 Å². The number of rotatable bonds is 5. The van der Waals surface area contributed by atoms with Crippen LogP contribution >= 0.6 is 0 Å². The number of hydrogen-bond acceptors (Lipinski definition) is 12. The molecule has 0 spiro atoms. The molecular weight excluding hydrogens is 426 g/mol. The van der Waals surface area contributed by atoms with Crippen LogP contribution in [0.4, 0.5) is 29.2 Å². The third-order valence-electron chi connectivity index (χ3n) is 5.88. The molecule has 1 aromatic carbocycles. The summed E-state index contributed by atoms with van der Waals surface area (Å²) in [7, 11) is 0. The van der Waals surface area contributed by atoms with Gasteiger partial charge < -0.3 is 38.1 Å². The summed E-state index contributed by atoms with van der Waals surface area (Å²) in [4.78, 5) is 28.5. The van der Waals surface area contributed by atoms with Gasteiger partial charge in [-0.15, -0.1) is 0 Å². The summed E-state index contributed by atoms with van der Waals surface area (Å²) < 4.78 is 0. The van der Waals surface area contributed by atoms with Crippen molar-refractivity contribution < 1.29 is 4.92 Å². The van der Waals surface area contributed by atoms with Gasteiger partial charge in [0.1, 0.15) is 0 Å². The smallest absolute Gasteiger partial charge is 0.269 e. The van der Waals surface area contributed by atoms with E-state index in [0.29, 0.717) is 55.3 Å². The van der Waals surface area contributed by atoms with Crippen molar-refractivity contribution >= 4 is 29.2 Å². The Morgan fingerprint density at radius 1 is 0.909 bits per heavy atom. The number of aryl methyl sites for hydroxylation is 1. The lowest BCUT2D eigenvalue weighted by atomic mass is 10.0. The second kappa shape index (κ2) is 9.39. The first-order valence-corrected chi connectivity index (χ1v) is 11.0. The molecule has 2 aliphatic rings. The van der Waals surface area contributed by atoms with E-state index in [1.807, 2.05) is 9.80 Å². The normalized spacial score (nSPS) is 25.7. The van der Waals surface area contributed by atoms with Crippen LogP contribution in [0.2, 0.25) is 0 Å². The zero-order valence-corrected chi connectivity index (χ0v) is 18.6. The predicted molar refractivity (Wildman–Crippen MR) is 127 cm³/mol. The van der Waals surface area contributed by atoms with Gasteiger partial charge in [-0.1, -0.05) is 0 Å². The minimum Gasteiger partial charge on any atom is -0.338 e. The number of hydrogen-bond donors (Lipinski definition) is 5. The van der Waals surface area contributed by atoms with Crippen molar-refractivity contribution in [2.45, 2.75) is 43.9 Å². The predicted octanol–water partition coefficient (Wildman–Crippen LogP) is -0.439. The molecule has 0 aliphatic carbocycles. The van der Waals surface area contributed by atoms with E-state index in [1.54, 1.807) is 13.0 Å². The fourth-order valence-electron chi connectivity index (χ4n) is 4.40. The highest BCUT2D eigenvalue weighted by molar-refractivity contribution is 5.62. The molecule has 0 amide bonds. The minimum atomic E-state index is -0.429. The molecular formula is C20H31N11O2. The van der Waals surface area contributed by atoms with Gasteiger partial charge in [0.05, 0.1) is 4.92 Å². The maximum atomic E-state index is 11.1. The minimum absolute atomic E-state index is 0.0164. The van der Waals surface area contributed by atoms with Crippen molar-refractivity contribution in [3.8, 4) is 0 Å². The topological polar surface area (TPSA) is 204 Å². The summed E-state index contributed by atoms with van der Waals surface area (Å²) in [5, 5.41) is 14.2. The van der Waals surface area contributed by atoms with Gasteiger partial charge in [-0.2, -0.15) is 15.0 Å². The third kappa shape index (κ3) is 5.45. The zero-order valence-electron chi connectivity index (χ0n) is 18.6. The van der Waals surface area contributed by atoms with Gasteiger partial charge in [-0.05, 0) is 31.4 Å². The summed E-state index contributed by atoms with van der Waals surface area (Å²) in [6.45, 7) is 4.08. The van der Waals surface area contributed by atoms with Crippen molar-refractivity contribution in [1.29, 1.82) is 0 Å². The summed E-state index contributed by atoms with van der Waals surface area (Å²) in [5.41, 5.74) is 26.1. The van der Waals surface area contributed by atoms with Crippen LogP contribution in [0.3, 0.4) is 0 Å². The molecule has 2 aliphatic heterocycles. The Morgan fingerprint density at radius 3 is 1.82 bits per heavy atom. The number of anilines is 4. The molecule has 2 aromatic rings. The molecule has 9 N–H and O–H groups in total. The lowest BCUT2D eigenvalue weighted by Crippen LogP contribution is -2.54.